The van der Waals surface area contributed by atoms with Crippen LogP contribution in [-0.2, 0) is 6.54 Å². The molecule has 1 rings (SSSR count). The molecule has 2 N–H and O–H groups in total. The Morgan fingerprint density at radius 3 is 2.33 bits per heavy atom. The van der Waals surface area contributed by atoms with Crippen LogP contribution in [0.15, 0.2) is 12.1 Å². The van der Waals surface area contributed by atoms with Gasteiger partial charge in [0.05, 0.1) is 5.69 Å². The van der Waals surface area contributed by atoms with E-state index in [2.05, 4.69) is 36.0 Å². The molecule has 0 unspecified atom stereocenters. The van der Waals surface area contributed by atoms with Crippen LogP contribution >= 0.6 is 0 Å². The molecule has 0 bridgehead atoms. The summed E-state index contributed by atoms with van der Waals surface area (Å²) in [6.07, 6.45) is 2.24. The van der Waals surface area contributed by atoms with E-state index in [-0.39, 0.29) is 0 Å². The van der Waals surface area contributed by atoms with Crippen LogP contribution in [0.4, 0.5) is 5.82 Å². The molecule has 0 atom stereocenters. The van der Waals surface area contributed by atoms with E-state index in [9.17, 15) is 0 Å². The first-order valence-corrected chi connectivity index (χ1v) is 5.48. The van der Waals surface area contributed by atoms with E-state index in [4.69, 9.17) is 5.73 Å². The highest BCUT2D eigenvalue weighted by Gasteiger charge is 2.12. The summed E-state index contributed by atoms with van der Waals surface area (Å²) in [5, 5.41) is 8.21. The lowest BCUT2D eigenvalue weighted by molar-refractivity contribution is 0.583. The molecule has 0 radical (unpaired) electrons. The minimum Gasteiger partial charge on any atom is -0.355 e. The van der Waals surface area contributed by atoms with Gasteiger partial charge in [0.2, 0.25) is 0 Å². The van der Waals surface area contributed by atoms with E-state index in [1.54, 1.807) is 0 Å². The molecular weight excluding hydrogens is 188 g/mol. The van der Waals surface area contributed by atoms with E-state index < -0.39 is 0 Å². The molecule has 0 aromatic carbocycles. The van der Waals surface area contributed by atoms with Crippen molar-refractivity contribution < 1.29 is 0 Å². The van der Waals surface area contributed by atoms with Crippen molar-refractivity contribution in [2.75, 3.05) is 11.9 Å². The van der Waals surface area contributed by atoms with Crippen LogP contribution in [0, 0.1) is 0 Å². The normalized spacial score (nSPS) is 10.7. The molecule has 0 fully saturated rings. The fourth-order valence-corrected chi connectivity index (χ4v) is 1.67. The second kappa shape index (κ2) is 5.66. The van der Waals surface area contributed by atoms with Gasteiger partial charge >= 0.3 is 0 Å². The third kappa shape index (κ3) is 2.89. The van der Waals surface area contributed by atoms with E-state index in [0.717, 1.165) is 24.4 Å². The second-order valence-electron chi connectivity index (χ2n) is 3.67. The minimum absolute atomic E-state index is 0.446. The molecule has 4 heteroatoms. The van der Waals surface area contributed by atoms with Crippen LogP contribution < -0.4 is 10.6 Å². The molecule has 0 aliphatic rings. The third-order valence-electron chi connectivity index (χ3n) is 2.77. The maximum absolute atomic E-state index is 5.47. The highest BCUT2D eigenvalue weighted by molar-refractivity contribution is 5.37. The molecular formula is C11H20N4. The average molecular weight is 208 g/mol. The van der Waals surface area contributed by atoms with Crippen molar-refractivity contribution in [2.45, 2.75) is 39.3 Å². The Bertz CT molecular complexity index is 279. The van der Waals surface area contributed by atoms with Crippen molar-refractivity contribution in [1.29, 1.82) is 0 Å². The zero-order valence-corrected chi connectivity index (χ0v) is 9.77. The molecule has 0 aliphatic heterocycles. The van der Waals surface area contributed by atoms with Gasteiger partial charge in [0.25, 0.3) is 0 Å². The number of nitrogens with zero attached hydrogens (tertiary/aromatic N) is 3. The molecule has 0 saturated heterocycles. The van der Waals surface area contributed by atoms with E-state index in [0.29, 0.717) is 12.6 Å². The zero-order chi connectivity index (χ0) is 11.3. The lowest BCUT2D eigenvalue weighted by Gasteiger charge is -2.26. The van der Waals surface area contributed by atoms with Crippen molar-refractivity contribution in [2.24, 2.45) is 5.73 Å². The molecule has 1 aromatic rings. The monoisotopic (exact) mass is 208 g/mol. The molecule has 15 heavy (non-hydrogen) atoms. The first-order chi connectivity index (χ1) is 7.22. The topological polar surface area (TPSA) is 55.0 Å². The summed E-state index contributed by atoms with van der Waals surface area (Å²) in [7, 11) is 2.06. The molecule has 0 spiro atoms. The predicted octanol–water partition coefficient (Wildman–Crippen LogP) is 1.56. The van der Waals surface area contributed by atoms with Crippen molar-refractivity contribution in [3.63, 3.8) is 0 Å². The van der Waals surface area contributed by atoms with Crippen LogP contribution in [0.25, 0.3) is 0 Å². The van der Waals surface area contributed by atoms with E-state index in [1.807, 2.05) is 12.1 Å². The predicted molar refractivity (Wildman–Crippen MR) is 62.7 cm³/mol. The summed E-state index contributed by atoms with van der Waals surface area (Å²) < 4.78 is 0. The second-order valence-corrected chi connectivity index (χ2v) is 3.67. The van der Waals surface area contributed by atoms with Gasteiger partial charge in [0.1, 0.15) is 0 Å². The molecule has 84 valence electrons. The van der Waals surface area contributed by atoms with Gasteiger partial charge in [-0.15, -0.1) is 5.10 Å². The highest BCUT2D eigenvalue weighted by Crippen LogP contribution is 2.14. The number of hydrogen-bond acceptors (Lipinski definition) is 4. The largest absolute Gasteiger partial charge is 0.355 e. The highest BCUT2D eigenvalue weighted by atomic mass is 15.3. The van der Waals surface area contributed by atoms with Gasteiger partial charge in [-0.05, 0) is 25.0 Å². The van der Waals surface area contributed by atoms with Crippen molar-refractivity contribution in [1.82, 2.24) is 10.2 Å². The van der Waals surface area contributed by atoms with Gasteiger partial charge in [0, 0.05) is 19.6 Å². The van der Waals surface area contributed by atoms with Gasteiger partial charge < -0.3 is 10.6 Å². The third-order valence-corrected chi connectivity index (χ3v) is 2.77. The molecule has 4 nitrogen and oxygen atoms in total. The molecule has 0 amide bonds. The first-order valence-electron chi connectivity index (χ1n) is 5.48. The minimum atomic E-state index is 0.446. The summed E-state index contributed by atoms with van der Waals surface area (Å²) in [6, 6.07) is 4.44. The summed E-state index contributed by atoms with van der Waals surface area (Å²) in [5.74, 6) is 0.918. The van der Waals surface area contributed by atoms with Crippen LogP contribution in [0.3, 0.4) is 0 Å². The Balaban J connectivity index is 2.76. The lowest BCUT2D eigenvalue weighted by atomic mass is 10.1. The van der Waals surface area contributed by atoms with Gasteiger partial charge in [-0.2, -0.15) is 5.10 Å². The lowest BCUT2D eigenvalue weighted by Crippen LogP contribution is -2.31. The summed E-state index contributed by atoms with van der Waals surface area (Å²) >= 11 is 0. The number of hydrogen-bond donors (Lipinski definition) is 1. The van der Waals surface area contributed by atoms with Crippen LogP contribution in [0.2, 0.25) is 0 Å². The number of nitrogens with two attached hydrogens (primary N) is 1. The SMILES string of the molecule is CCC(CC)N(C)c1ccc(CN)nn1. The van der Waals surface area contributed by atoms with Gasteiger partial charge in [0.15, 0.2) is 5.82 Å². The van der Waals surface area contributed by atoms with E-state index in [1.165, 1.54) is 0 Å². The van der Waals surface area contributed by atoms with Gasteiger partial charge in [-0.1, -0.05) is 13.8 Å². The first kappa shape index (κ1) is 11.9. The van der Waals surface area contributed by atoms with E-state index >= 15 is 0 Å². The van der Waals surface area contributed by atoms with Crippen LogP contribution in [0.1, 0.15) is 32.4 Å². The fourth-order valence-electron chi connectivity index (χ4n) is 1.67. The maximum atomic E-state index is 5.47. The summed E-state index contributed by atoms with van der Waals surface area (Å²) in [4.78, 5) is 2.17. The molecule has 0 saturated carbocycles. The van der Waals surface area contributed by atoms with Crippen molar-refractivity contribution in [3.05, 3.63) is 17.8 Å². The standard InChI is InChI=1S/C11H20N4/c1-4-10(5-2)15(3)11-7-6-9(8-12)13-14-11/h6-7,10H,4-5,8,12H2,1-3H3. The zero-order valence-electron chi connectivity index (χ0n) is 9.77. The number of rotatable bonds is 5. The Kier molecular flexibility index (Phi) is 4.49. The smallest absolute Gasteiger partial charge is 0.151 e. The van der Waals surface area contributed by atoms with Gasteiger partial charge in [-0.3, -0.25) is 0 Å². The maximum Gasteiger partial charge on any atom is 0.151 e. The summed E-state index contributed by atoms with van der Waals surface area (Å²) in [5.41, 5.74) is 6.30. The summed E-state index contributed by atoms with van der Waals surface area (Å²) in [6.45, 7) is 4.82. The Morgan fingerprint density at radius 2 is 1.93 bits per heavy atom. The Hall–Kier alpha value is -1.16. The molecule has 0 aliphatic carbocycles. The average Bonchev–Trinajstić information content (AvgIpc) is 2.30. The van der Waals surface area contributed by atoms with Crippen LogP contribution in [0.5, 0.6) is 0 Å². The fraction of sp³-hybridized carbons (Fsp3) is 0.636. The van der Waals surface area contributed by atoms with Crippen molar-refractivity contribution in [3.8, 4) is 0 Å². The Morgan fingerprint density at radius 1 is 1.27 bits per heavy atom. The molecule has 1 aromatic heterocycles. The van der Waals surface area contributed by atoms with Gasteiger partial charge in [-0.25, -0.2) is 0 Å². The Labute approximate surface area is 91.5 Å². The number of anilines is 1. The quantitative estimate of drug-likeness (QED) is 0.798. The molecule has 1 heterocycles. The van der Waals surface area contributed by atoms with Crippen molar-refractivity contribution >= 4 is 5.82 Å². The number of aromatic nitrogens is 2. The van der Waals surface area contributed by atoms with Crippen LogP contribution in [-0.4, -0.2) is 23.3 Å².